The summed E-state index contributed by atoms with van der Waals surface area (Å²) in [7, 11) is 0. The fraction of sp³-hybridized carbons (Fsp3) is 0.488. The third kappa shape index (κ3) is 8.73. The van der Waals surface area contributed by atoms with Gasteiger partial charge in [-0.15, -0.1) is 0 Å². The minimum atomic E-state index is -1.35. The van der Waals surface area contributed by atoms with Gasteiger partial charge in [-0.25, -0.2) is 4.98 Å². The second-order valence-corrected chi connectivity index (χ2v) is 16.2. The van der Waals surface area contributed by atoms with Gasteiger partial charge in [-0.2, -0.15) is 14.4 Å². The molecule has 300 valence electrons. The molecule has 0 bridgehead atoms. The Balaban J connectivity index is 1.42. The van der Waals surface area contributed by atoms with Crippen LogP contribution in [-0.4, -0.2) is 73.4 Å². The molecule has 0 saturated carbocycles. The normalized spacial score (nSPS) is 18.5. The molecule has 0 spiro atoms. The predicted octanol–water partition coefficient (Wildman–Crippen LogP) is 5.96. The summed E-state index contributed by atoms with van der Waals surface area (Å²) in [5.74, 6) is -1.59. The number of hydrogen-bond donors (Lipinski definition) is 2. The van der Waals surface area contributed by atoms with E-state index in [0.29, 0.717) is 22.6 Å². The van der Waals surface area contributed by atoms with E-state index in [4.69, 9.17) is 18.9 Å². The molecule has 3 atom stereocenters. The van der Waals surface area contributed by atoms with Crippen LogP contribution in [0.5, 0.6) is 11.5 Å². The summed E-state index contributed by atoms with van der Waals surface area (Å²) in [4.78, 5) is 63.5. The number of rotatable bonds is 12. The zero-order chi connectivity index (χ0) is 41.5. The molecular weight excluding hydrogens is 725 g/mol. The van der Waals surface area contributed by atoms with Crippen molar-refractivity contribution in [3.8, 4) is 11.5 Å². The van der Waals surface area contributed by atoms with E-state index in [0.717, 1.165) is 22.3 Å². The highest BCUT2D eigenvalue weighted by Crippen LogP contribution is 2.42. The average molecular weight is 776 g/mol. The van der Waals surface area contributed by atoms with E-state index in [1.54, 1.807) is 19.1 Å². The number of aliphatic hydroxyl groups is 1. The molecule has 1 unspecified atom stereocenters. The van der Waals surface area contributed by atoms with Crippen molar-refractivity contribution in [2.75, 3.05) is 18.5 Å². The zero-order valence-electron chi connectivity index (χ0n) is 33.7. The highest BCUT2D eigenvalue weighted by Gasteiger charge is 2.51. The zero-order valence-corrected chi connectivity index (χ0v) is 33.7. The molecule has 1 saturated heterocycles. The van der Waals surface area contributed by atoms with Crippen LogP contribution in [0.25, 0.3) is 11.2 Å². The number of halogens is 1. The van der Waals surface area contributed by atoms with Crippen molar-refractivity contribution in [3.05, 3.63) is 70.1 Å². The number of aromatic nitrogens is 4. The summed E-state index contributed by atoms with van der Waals surface area (Å²) in [5.41, 5.74) is 1.80. The maximum atomic E-state index is 15.2. The number of nitrogens with one attached hydrogen (secondary N) is 1. The molecular formula is C41H50FN5O9. The smallest absolute Gasteiger partial charge is 0.312 e. The number of imidazole rings is 1. The lowest BCUT2D eigenvalue weighted by atomic mass is 9.78. The summed E-state index contributed by atoms with van der Waals surface area (Å²) in [6.45, 7) is 18.5. The Labute approximate surface area is 325 Å². The van der Waals surface area contributed by atoms with Crippen LogP contribution in [0, 0.1) is 33.8 Å². The predicted molar refractivity (Wildman–Crippen MR) is 204 cm³/mol. The van der Waals surface area contributed by atoms with Crippen molar-refractivity contribution >= 4 is 40.8 Å². The Hall–Kier alpha value is -5.28. The Morgan fingerprint density at radius 1 is 0.911 bits per heavy atom. The molecule has 5 rings (SSSR count). The van der Waals surface area contributed by atoms with Crippen LogP contribution in [0.3, 0.4) is 0 Å². The van der Waals surface area contributed by atoms with Gasteiger partial charge in [0.25, 0.3) is 0 Å². The molecule has 0 aliphatic carbocycles. The van der Waals surface area contributed by atoms with Crippen molar-refractivity contribution in [1.29, 1.82) is 0 Å². The van der Waals surface area contributed by atoms with Crippen LogP contribution in [-0.2, 0) is 39.5 Å². The highest BCUT2D eigenvalue weighted by atomic mass is 19.1. The Kier molecular flexibility index (Phi) is 11.7. The molecule has 56 heavy (non-hydrogen) atoms. The number of aliphatic hydroxyl groups excluding tert-OH is 1. The molecule has 4 aromatic rings. The first-order chi connectivity index (χ1) is 26.0. The minimum Gasteiger partial charge on any atom is -0.457 e. The first-order valence-electron chi connectivity index (χ1n) is 18.3. The molecule has 15 heteroatoms. The summed E-state index contributed by atoms with van der Waals surface area (Å²) < 4.78 is 39.8. The first kappa shape index (κ1) is 41.9. The quantitative estimate of drug-likeness (QED) is 0.0981. The second-order valence-electron chi connectivity index (χ2n) is 16.2. The first-order valence-corrected chi connectivity index (χ1v) is 18.3. The van der Waals surface area contributed by atoms with E-state index in [1.807, 2.05) is 67.5 Å². The molecule has 1 aliphatic heterocycles. The molecule has 14 nitrogen and oxygen atoms in total. The number of fused-ring (bicyclic) bond motifs is 1. The van der Waals surface area contributed by atoms with Crippen molar-refractivity contribution in [3.63, 3.8) is 0 Å². The lowest BCUT2D eigenvalue weighted by Crippen LogP contribution is -2.45. The largest absolute Gasteiger partial charge is 0.457 e. The number of amides is 1. The summed E-state index contributed by atoms with van der Waals surface area (Å²) in [5, 5.41) is 13.1. The number of benzene rings is 2. The van der Waals surface area contributed by atoms with Crippen molar-refractivity contribution < 1.29 is 47.6 Å². The van der Waals surface area contributed by atoms with Gasteiger partial charge < -0.3 is 33.9 Å². The molecule has 2 aromatic heterocycles. The number of aryl methyl sites for hydroxylation is 4. The van der Waals surface area contributed by atoms with Crippen LogP contribution in [0.4, 0.5) is 10.2 Å². The van der Waals surface area contributed by atoms with Crippen LogP contribution < -0.4 is 14.8 Å². The van der Waals surface area contributed by atoms with Gasteiger partial charge in [0, 0.05) is 42.2 Å². The minimum absolute atomic E-state index is 0.00273. The van der Waals surface area contributed by atoms with E-state index in [2.05, 4.69) is 20.3 Å². The fourth-order valence-corrected chi connectivity index (χ4v) is 8.00. The fourth-order valence-electron chi connectivity index (χ4n) is 8.00. The van der Waals surface area contributed by atoms with Gasteiger partial charge in [0.2, 0.25) is 5.91 Å². The van der Waals surface area contributed by atoms with Crippen LogP contribution in [0.15, 0.2) is 30.6 Å². The third-order valence-electron chi connectivity index (χ3n) is 10.1. The van der Waals surface area contributed by atoms with Gasteiger partial charge in [0.05, 0.1) is 32.0 Å². The summed E-state index contributed by atoms with van der Waals surface area (Å²) in [6.07, 6.45) is -1.09. The van der Waals surface area contributed by atoms with E-state index < -0.39 is 65.1 Å². The van der Waals surface area contributed by atoms with Crippen molar-refractivity contribution in [2.24, 2.45) is 0 Å². The molecule has 1 amide bonds. The molecule has 0 radical (unpaired) electrons. The summed E-state index contributed by atoms with van der Waals surface area (Å²) >= 11 is 0. The molecule has 2 N–H and O–H groups in total. The maximum Gasteiger partial charge on any atom is 0.312 e. The van der Waals surface area contributed by atoms with Gasteiger partial charge in [-0.3, -0.25) is 19.2 Å². The highest BCUT2D eigenvalue weighted by molar-refractivity contribution is 5.97. The Bertz CT molecular complexity index is 2210. The Morgan fingerprint density at radius 2 is 1.45 bits per heavy atom. The molecule has 3 heterocycles. The van der Waals surface area contributed by atoms with E-state index in [1.165, 1.54) is 24.7 Å². The van der Waals surface area contributed by atoms with Gasteiger partial charge in [-0.05, 0) is 69.0 Å². The van der Waals surface area contributed by atoms with Gasteiger partial charge in [0.15, 0.2) is 23.1 Å². The standard InChI is InChI=1S/C41H50FN5O9/c1-21-12-23(3)32(28(14-21)54-25(5)49)39(7,8)16-30(51)44-36-34-37(46-38(42)45-36)47(20-43-34)27-18-53-41(11,19-48)35(27)56-31(52)17-40(9,10)33-24(4)13-22(2)15-29(33)55-26(6)50/h12-15,20,27,35,48H,16-19H2,1-11H3,(H,44,45,46,51)/t27?,35-,41+/m0/s1. The van der Waals surface area contributed by atoms with Crippen LogP contribution in [0.2, 0.25) is 0 Å². The Morgan fingerprint density at radius 3 is 1.96 bits per heavy atom. The number of esters is 3. The van der Waals surface area contributed by atoms with Gasteiger partial charge >= 0.3 is 24.0 Å². The lowest BCUT2D eigenvalue weighted by molar-refractivity contribution is -0.163. The molecule has 2 aromatic carbocycles. The monoisotopic (exact) mass is 775 g/mol. The summed E-state index contributed by atoms with van der Waals surface area (Å²) in [6, 6.07) is 6.54. The number of ether oxygens (including phenoxy) is 4. The SMILES string of the molecule is CC(=O)Oc1cc(C)cc(C)c1C(C)(C)CC(=O)Nc1nc(F)nc2c1ncn2C1CO[C@](C)(CO)[C@H]1OC(=O)CC(C)(C)c1c(C)cc(C)cc1OC(C)=O. The molecule has 1 aliphatic rings. The number of carbonyl (C=O) groups is 4. The van der Waals surface area contributed by atoms with Gasteiger partial charge in [-0.1, -0.05) is 39.8 Å². The number of carbonyl (C=O) groups excluding carboxylic acids is 4. The topological polar surface area (TPSA) is 181 Å². The van der Waals surface area contributed by atoms with Crippen LogP contribution in [0.1, 0.15) is 101 Å². The molecule has 1 fully saturated rings. The van der Waals surface area contributed by atoms with Crippen molar-refractivity contribution in [2.45, 2.75) is 118 Å². The van der Waals surface area contributed by atoms with E-state index in [9.17, 15) is 24.3 Å². The van der Waals surface area contributed by atoms with E-state index >= 15 is 4.39 Å². The number of nitrogens with zero attached hydrogens (tertiary/aromatic N) is 4. The lowest BCUT2D eigenvalue weighted by Gasteiger charge is -2.33. The van der Waals surface area contributed by atoms with Gasteiger partial charge in [0.1, 0.15) is 17.1 Å². The second kappa shape index (κ2) is 15.7. The maximum absolute atomic E-state index is 15.2. The number of hydrogen-bond acceptors (Lipinski definition) is 12. The third-order valence-corrected chi connectivity index (χ3v) is 10.1. The van der Waals surface area contributed by atoms with Crippen LogP contribution >= 0.6 is 0 Å². The average Bonchev–Trinajstić information content (AvgIpc) is 3.59. The van der Waals surface area contributed by atoms with E-state index in [-0.39, 0.29) is 36.4 Å². The van der Waals surface area contributed by atoms with Crippen molar-refractivity contribution in [1.82, 2.24) is 19.5 Å². The number of anilines is 1.